The van der Waals surface area contributed by atoms with Gasteiger partial charge in [0.25, 0.3) is 0 Å². The highest BCUT2D eigenvalue weighted by Crippen LogP contribution is 2.32. The van der Waals surface area contributed by atoms with Crippen molar-refractivity contribution in [2.45, 2.75) is 19.9 Å². The van der Waals surface area contributed by atoms with Crippen LogP contribution in [0.2, 0.25) is 5.02 Å². The van der Waals surface area contributed by atoms with Crippen LogP contribution in [0.1, 0.15) is 28.3 Å². The first kappa shape index (κ1) is 14.9. The van der Waals surface area contributed by atoms with Crippen molar-refractivity contribution in [3.63, 3.8) is 0 Å². The van der Waals surface area contributed by atoms with Gasteiger partial charge in [-0.3, -0.25) is 5.84 Å². The highest BCUT2D eigenvalue weighted by Gasteiger charge is 2.18. The van der Waals surface area contributed by atoms with Gasteiger partial charge in [-0.05, 0) is 48.2 Å². The van der Waals surface area contributed by atoms with Crippen molar-refractivity contribution in [2.75, 3.05) is 7.11 Å². The standard InChI is InChI=1S/C16H19ClN2O/c1-10-5-4-6-14(15(10)17)16(19-18)13-8-7-12(20-3)9-11(13)2/h4-9,16,19H,18H2,1-3H3. The molecule has 0 aliphatic rings. The van der Waals surface area contributed by atoms with Gasteiger partial charge in [-0.1, -0.05) is 35.9 Å². The maximum atomic E-state index is 6.41. The van der Waals surface area contributed by atoms with Crippen molar-refractivity contribution in [2.24, 2.45) is 5.84 Å². The summed E-state index contributed by atoms with van der Waals surface area (Å²) in [7, 11) is 1.66. The average molecular weight is 291 g/mol. The number of nitrogens with two attached hydrogens (primary N) is 1. The minimum absolute atomic E-state index is 0.145. The fourth-order valence-corrected chi connectivity index (χ4v) is 2.57. The Hall–Kier alpha value is -1.55. The predicted molar refractivity (Wildman–Crippen MR) is 83.1 cm³/mol. The lowest BCUT2D eigenvalue weighted by Gasteiger charge is -2.21. The SMILES string of the molecule is COc1ccc(C(NN)c2cccc(C)c2Cl)c(C)c1. The van der Waals surface area contributed by atoms with Gasteiger partial charge in [-0.2, -0.15) is 0 Å². The zero-order valence-electron chi connectivity index (χ0n) is 11.9. The Balaban J connectivity index is 2.50. The third-order valence-corrected chi connectivity index (χ3v) is 4.00. The van der Waals surface area contributed by atoms with Crippen LogP contribution in [0.5, 0.6) is 5.75 Å². The van der Waals surface area contributed by atoms with Gasteiger partial charge in [-0.15, -0.1) is 0 Å². The molecule has 0 heterocycles. The lowest BCUT2D eigenvalue weighted by atomic mass is 9.94. The Labute approximate surface area is 124 Å². The molecule has 1 atom stereocenters. The van der Waals surface area contributed by atoms with Crippen molar-refractivity contribution in [1.29, 1.82) is 0 Å². The van der Waals surface area contributed by atoms with Crippen LogP contribution in [0.15, 0.2) is 36.4 Å². The van der Waals surface area contributed by atoms with E-state index in [1.165, 1.54) is 0 Å². The molecule has 1 unspecified atom stereocenters. The molecular formula is C16H19ClN2O. The summed E-state index contributed by atoms with van der Waals surface area (Å²) in [5, 5.41) is 0.741. The molecule has 0 saturated carbocycles. The van der Waals surface area contributed by atoms with Gasteiger partial charge in [0.2, 0.25) is 0 Å². The molecule has 2 aromatic rings. The topological polar surface area (TPSA) is 47.3 Å². The monoisotopic (exact) mass is 290 g/mol. The van der Waals surface area contributed by atoms with E-state index in [2.05, 4.69) is 5.43 Å². The summed E-state index contributed by atoms with van der Waals surface area (Å²) in [6.45, 7) is 4.02. The number of hydrogen-bond acceptors (Lipinski definition) is 3. The van der Waals surface area contributed by atoms with Crippen LogP contribution in [0, 0.1) is 13.8 Å². The molecule has 3 nitrogen and oxygen atoms in total. The third-order valence-electron chi connectivity index (χ3n) is 3.49. The number of benzene rings is 2. The Morgan fingerprint density at radius 3 is 2.45 bits per heavy atom. The summed E-state index contributed by atoms with van der Waals surface area (Å²) >= 11 is 6.41. The summed E-state index contributed by atoms with van der Waals surface area (Å²) in [6.07, 6.45) is 0. The van der Waals surface area contributed by atoms with Crippen LogP contribution in [-0.2, 0) is 0 Å². The predicted octanol–water partition coefficient (Wildman–Crippen LogP) is 3.52. The highest BCUT2D eigenvalue weighted by atomic mass is 35.5. The molecule has 0 aliphatic carbocycles. The van der Waals surface area contributed by atoms with Crippen LogP contribution in [-0.4, -0.2) is 7.11 Å². The van der Waals surface area contributed by atoms with E-state index in [-0.39, 0.29) is 6.04 Å². The number of ether oxygens (including phenoxy) is 1. The quantitative estimate of drug-likeness (QED) is 0.669. The Bertz CT molecular complexity index is 613. The molecule has 0 fully saturated rings. The maximum Gasteiger partial charge on any atom is 0.119 e. The second-order valence-electron chi connectivity index (χ2n) is 4.80. The molecule has 0 spiro atoms. The van der Waals surface area contributed by atoms with Crippen LogP contribution in [0.25, 0.3) is 0 Å². The van der Waals surface area contributed by atoms with E-state index in [9.17, 15) is 0 Å². The average Bonchev–Trinajstić information content (AvgIpc) is 2.45. The normalized spacial score (nSPS) is 12.2. The number of rotatable bonds is 4. The van der Waals surface area contributed by atoms with Crippen LogP contribution >= 0.6 is 11.6 Å². The number of halogens is 1. The van der Waals surface area contributed by atoms with E-state index in [0.717, 1.165) is 33.0 Å². The van der Waals surface area contributed by atoms with E-state index in [0.29, 0.717) is 0 Å². The first-order valence-corrected chi connectivity index (χ1v) is 6.82. The van der Waals surface area contributed by atoms with Gasteiger partial charge in [0.05, 0.1) is 13.2 Å². The summed E-state index contributed by atoms with van der Waals surface area (Å²) in [5.41, 5.74) is 7.05. The summed E-state index contributed by atoms with van der Waals surface area (Å²) in [4.78, 5) is 0. The zero-order chi connectivity index (χ0) is 14.7. The Kier molecular flexibility index (Phi) is 4.65. The molecule has 2 aromatic carbocycles. The maximum absolute atomic E-state index is 6.41. The van der Waals surface area contributed by atoms with Crippen LogP contribution < -0.4 is 16.0 Å². The number of hydrogen-bond donors (Lipinski definition) is 2. The fourth-order valence-electron chi connectivity index (χ4n) is 2.34. The molecule has 2 rings (SSSR count). The van der Waals surface area contributed by atoms with E-state index in [4.69, 9.17) is 22.2 Å². The Morgan fingerprint density at radius 2 is 1.85 bits per heavy atom. The number of aryl methyl sites for hydroxylation is 2. The molecule has 0 saturated heterocycles. The largest absolute Gasteiger partial charge is 0.497 e. The second-order valence-corrected chi connectivity index (χ2v) is 5.18. The molecule has 0 bridgehead atoms. The molecule has 0 amide bonds. The van der Waals surface area contributed by atoms with Gasteiger partial charge in [0.1, 0.15) is 5.75 Å². The van der Waals surface area contributed by atoms with Gasteiger partial charge >= 0.3 is 0 Å². The molecular weight excluding hydrogens is 272 g/mol. The number of nitrogens with one attached hydrogen (secondary N) is 1. The van der Waals surface area contributed by atoms with Crippen molar-refractivity contribution < 1.29 is 4.74 Å². The summed E-state index contributed by atoms with van der Waals surface area (Å²) in [5.74, 6) is 6.59. The fraction of sp³-hybridized carbons (Fsp3) is 0.250. The lowest BCUT2D eigenvalue weighted by molar-refractivity contribution is 0.414. The second kappa shape index (κ2) is 6.27. The first-order chi connectivity index (χ1) is 9.58. The smallest absolute Gasteiger partial charge is 0.119 e. The van der Waals surface area contributed by atoms with Gasteiger partial charge in [-0.25, -0.2) is 5.43 Å². The molecule has 0 aliphatic heterocycles. The van der Waals surface area contributed by atoms with Crippen LogP contribution in [0.4, 0.5) is 0 Å². The van der Waals surface area contributed by atoms with Gasteiger partial charge < -0.3 is 4.74 Å². The first-order valence-electron chi connectivity index (χ1n) is 6.44. The van der Waals surface area contributed by atoms with Crippen molar-refractivity contribution in [3.8, 4) is 5.75 Å². The molecule has 3 N–H and O–H groups in total. The van der Waals surface area contributed by atoms with Gasteiger partial charge in [0.15, 0.2) is 0 Å². The van der Waals surface area contributed by atoms with Crippen molar-refractivity contribution >= 4 is 11.6 Å². The lowest BCUT2D eigenvalue weighted by Crippen LogP contribution is -2.29. The van der Waals surface area contributed by atoms with Crippen molar-refractivity contribution in [3.05, 3.63) is 63.7 Å². The molecule has 20 heavy (non-hydrogen) atoms. The van der Waals surface area contributed by atoms with E-state index < -0.39 is 0 Å². The van der Waals surface area contributed by atoms with E-state index in [1.54, 1.807) is 7.11 Å². The highest BCUT2D eigenvalue weighted by molar-refractivity contribution is 6.32. The minimum atomic E-state index is -0.145. The number of methoxy groups -OCH3 is 1. The third kappa shape index (κ3) is 2.80. The molecule has 4 heteroatoms. The van der Waals surface area contributed by atoms with E-state index >= 15 is 0 Å². The molecule has 0 aromatic heterocycles. The minimum Gasteiger partial charge on any atom is -0.497 e. The summed E-state index contributed by atoms with van der Waals surface area (Å²) in [6, 6.07) is 11.7. The molecule has 0 radical (unpaired) electrons. The molecule has 106 valence electrons. The van der Waals surface area contributed by atoms with Crippen LogP contribution in [0.3, 0.4) is 0 Å². The summed E-state index contributed by atoms with van der Waals surface area (Å²) < 4.78 is 5.23. The number of hydrazine groups is 1. The zero-order valence-corrected chi connectivity index (χ0v) is 12.7. The van der Waals surface area contributed by atoms with Crippen molar-refractivity contribution in [1.82, 2.24) is 5.43 Å². The van der Waals surface area contributed by atoms with E-state index in [1.807, 2.05) is 50.2 Å². The Morgan fingerprint density at radius 1 is 1.10 bits per heavy atom. The van der Waals surface area contributed by atoms with Gasteiger partial charge in [0, 0.05) is 5.02 Å².